The summed E-state index contributed by atoms with van der Waals surface area (Å²) in [6.45, 7) is 4.22. The molecule has 0 aliphatic carbocycles. The number of aliphatic hydroxyl groups excluding tert-OH is 1. The molecule has 148 valence electrons. The molecule has 0 aromatic carbocycles. The molecular formula is C19H23N5O4. The number of hydrogen-bond acceptors (Lipinski definition) is 7. The molecule has 0 bridgehead atoms. The second kappa shape index (κ2) is 8.66. The summed E-state index contributed by atoms with van der Waals surface area (Å²) >= 11 is 0. The first-order valence-electron chi connectivity index (χ1n) is 8.92. The zero-order valence-electron chi connectivity index (χ0n) is 16.0. The first-order valence-corrected chi connectivity index (χ1v) is 8.92. The monoisotopic (exact) mass is 385 g/mol. The fraction of sp³-hybridized carbons (Fsp3) is 0.368. The molecule has 0 aliphatic heterocycles. The molecule has 0 spiro atoms. The minimum Gasteiger partial charge on any atom is -0.471 e. The molecule has 1 unspecified atom stereocenters. The van der Waals surface area contributed by atoms with Crippen LogP contribution in [0.3, 0.4) is 0 Å². The first kappa shape index (κ1) is 19.6. The molecule has 9 nitrogen and oxygen atoms in total. The van der Waals surface area contributed by atoms with Crippen LogP contribution in [-0.2, 0) is 13.7 Å². The molecule has 0 fully saturated rings. The summed E-state index contributed by atoms with van der Waals surface area (Å²) in [5.74, 6) is 0.651. The molecule has 1 amide bonds. The summed E-state index contributed by atoms with van der Waals surface area (Å²) in [7, 11) is 1.67. The van der Waals surface area contributed by atoms with Crippen LogP contribution in [0.1, 0.15) is 28.7 Å². The van der Waals surface area contributed by atoms with Gasteiger partial charge in [0.25, 0.3) is 5.91 Å². The zero-order chi connectivity index (χ0) is 20.1. The lowest BCUT2D eigenvalue weighted by atomic mass is 10.1. The fourth-order valence-electron chi connectivity index (χ4n) is 2.56. The van der Waals surface area contributed by atoms with Crippen molar-refractivity contribution in [3.63, 3.8) is 0 Å². The average Bonchev–Trinajstić information content (AvgIpc) is 3.27. The van der Waals surface area contributed by atoms with Crippen molar-refractivity contribution in [3.05, 3.63) is 47.5 Å². The maximum atomic E-state index is 12.3. The van der Waals surface area contributed by atoms with Gasteiger partial charge in [-0.1, -0.05) is 18.1 Å². The van der Waals surface area contributed by atoms with E-state index in [2.05, 4.69) is 20.6 Å². The third-order valence-electron chi connectivity index (χ3n) is 4.27. The molecule has 0 saturated heterocycles. The van der Waals surface area contributed by atoms with Crippen molar-refractivity contribution in [2.45, 2.75) is 20.5 Å². The maximum absolute atomic E-state index is 12.3. The van der Waals surface area contributed by atoms with E-state index in [1.165, 1.54) is 4.68 Å². The number of hydrogen-bond donors (Lipinski definition) is 2. The van der Waals surface area contributed by atoms with Crippen LogP contribution in [0.25, 0.3) is 11.4 Å². The Morgan fingerprint density at radius 1 is 1.43 bits per heavy atom. The first-order chi connectivity index (χ1) is 13.5. The highest BCUT2D eigenvalue weighted by Crippen LogP contribution is 2.25. The van der Waals surface area contributed by atoms with Gasteiger partial charge >= 0.3 is 0 Å². The van der Waals surface area contributed by atoms with E-state index in [0.29, 0.717) is 35.3 Å². The maximum Gasteiger partial charge on any atom is 0.269 e. The molecular weight excluding hydrogens is 362 g/mol. The Labute approximate surface area is 162 Å². The second-order valence-electron chi connectivity index (χ2n) is 6.56. The van der Waals surface area contributed by atoms with Gasteiger partial charge < -0.3 is 19.7 Å². The number of aliphatic hydroxyl groups is 1. The highest BCUT2D eigenvalue weighted by atomic mass is 16.5. The number of rotatable bonds is 8. The normalized spacial score (nSPS) is 12.0. The lowest BCUT2D eigenvalue weighted by Crippen LogP contribution is -2.30. The van der Waals surface area contributed by atoms with Crippen LogP contribution in [0.5, 0.6) is 5.88 Å². The summed E-state index contributed by atoms with van der Waals surface area (Å²) < 4.78 is 12.5. The van der Waals surface area contributed by atoms with E-state index < -0.39 is 0 Å². The number of aryl methyl sites for hydroxylation is 2. The minimum absolute atomic E-state index is 0.0106. The van der Waals surface area contributed by atoms with Crippen molar-refractivity contribution in [2.24, 2.45) is 13.0 Å². The Balaban J connectivity index is 1.70. The molecule has 3 aromatic heterocycles. The van der Waals surface area contributed by atoms with Crippen molar-refractivity contribution in [2.75, 3.05) is 13.2 Å². The van der Waals surface area contributed by atoms with Gasteiger partial charge in [-0.3, -0.25) is 14.5 Å². The Morgan fingerprint density at radius 3 is 2.96 bits per heavy atom. The molecule has 0 aliphatic rings. The van der Waals surface area contributed by atoms with Crippen LogP contribution in [-0.4, -0.2) is 44.1 Å². The molecule has 1 atom stereocenters. The van der Waals surface area contributed by atoms with Gasteiger partial charge in [0, 0.05) is 32.5 Å². The van der Waals surface area contributed by atoms with Gasteiger partial charge in [0.15, 0.2) is 0 Å². The summed E-state index contributed by atoms with van der Waals surface area (Å²) in [5, 5.41) is 20.1. The second-order valence-corrected chi connectivity index (χ2v) is 6.56. The van der Waals surface area contributed by atoms with Gasteiger partial charge in [-0.15, -0.1) is 5.10 Å². The number of nitrogens with zero attached hydrogens (tertiary/aromatic N) is 4. The number of carbonyl (C=O) groups is 1. The zero-order valence-corrected chi connectivity index (χ0v) is 16.0. The van der Waals surface area contributed by atoms with E-state index in [4.69, 9.17) is 14.4 Å². The van der Waals surface area contributed by atoms with Crippen LogP contribution in [0, 0.1) is 12.8 Å². The van der Waals surface area contributed by atoms with Crippen molar-refractivity contribution in [1.82, 2.24) is 25.2 Å². The largest absolute Gasteiger partial charge is 0.471 e. The smallest absolute Gasteiger partial charge is 0.269 e. The van der Waals surface area contributed by atoms with E-state index in [1.54, 1.807) is 26.2 Å². The van der Waals surface area contributed by atoms with E-state index in [1.807, 2.05) is 25.1 Å². The van der Waals surface area contributed by atoms with E-state index in [9.17, 15) is 4.79 Å². The molecule has 2 N–H and O–H groups in total. The predicted octanol–water partition coefficient (Wildman–Crippen LogP) is 1.72. The van der Waals surface area contributed by atoms with Crippen LogP contribution in [0.4, 0.5) is 0 Å². The fourth-order valence-corrected chi connectivity index (χ4v) is 2.56. The van der Waals surface area contributed by atoms with Crippen LogP contribution >= 0.6 is 0 Å². The highest BCUT2D eigenvalue weighted by molar-refractivity contribution is 5.92. The molecule has 0 radical (unpaired) electrons. The van der Waals surface area contributed by atoms with E-state index in [0.717, 1.165) is 5.56 Å². The van der Waals surface area contributed by atoms with E-state index >= 15 is 0 Å². The Morgan fingerprint density at radius 2 is 2.25 bits per heavy atom. The number of carbonyl (C=O) groups excluding carboxylic acids is 1. The number of aromatic nitrogens is 4. The van der Waals surface area contributed by atoms with Crippen molar-refractivity contribution in [3.8, 4) is 17.3 Å². The van der Waals surface area contributed by atoms with Crippen LogP contribution < -0.4 is 10.1 Å². The summed E-state index contributed by atoms with van der Waals surface area (Å²) in [5.41, 5.74) is 2.45. The summed E-state index contributed by atoms with van der Waals surface area (Å²) in [4.78, 5) is 16.6. The van der Waals surface area contributed by atoms with Crippen molar-refractivity contribution < 1.29 is 19.2 Å². The van der Waals surface area contributed by atoms with Gasteiger partial charge in [-0.25, -0.2) is 0 Å². The van der Waals surface area contributed by atoms with Gasteiger partial charge in [0.05, 0.1) is 11.3 Å². The third kappa shape index (κ3) is 4.37. The lowest BCUT2D eigenvalue weighted by Gasteiger charge is -2.09. The quantitative estimate of drug-likeness (QED) is 0.606. The van der Waals surface area contributed by atoms with E-state index in [-0.39, 0.29) is 25.0 Å². The molecule has 9 heteroatoms. The lowest BCUT2D eigenvalue weighted by molar-refractivity contribution is 0.0933. The van der Waals surface area contributed by atoms with Crippen LogP contribution in [0.2, 0.25) is 0 Å². The summed E-state index contributed by atoms with van der Waals surface area (Å²) in [6, 6.07) is 7.12. The number of pyridine rings is 1. The standard InChI is InChI=1S/C19H23N5O4/c1-12(10-25)9-21-19(26)16-8-17(22-24(16)3)27-11-14-13(2)28-23-18(14)15-6-4-5-7-20-15/h4-8,12,25H,9-11H2,1-3H3,(H,21,26). The number of nitrogens with one attached hydrogen (secondary N) is 1. The molecule has 0 saturated carbocycles. The average molecular weight is 385 g/mol. The van der Waals surface area contributed by atoms with Crippen molar-refractivity contribution in [1.29, 1.82) is 0 Å². The minimum atomic E-state index is -0.277. The van der Waals surface area contributed by atoms with Gasteiger partial charge in [0.2, 0.25) is 5.88 Å². The van der Waals surface area contributed by atoms with Gasteiger partial charge in [-0.05, 0) is 25.0 Å². The molecule has 3 heterocycles. The van der Waals surface area contributed by atoms with Gasteiger partial charge in [0.1, 0.15) is 23.8 Å². The topological polar surface area (TPSA) is 115 Å². The SMILES string of the molecule is Cc1onc(-c2ccccn2)c1COc1cc(C(=O)NCC(C)CO)n(C)n1. The highest BCUT2D eigenvalue weighted by Gasteiger charge is 2.18. The number of ether oxygens (including phenoxy) is 1. The Kier molecular flexibility index (Phi) is 6.05. The Hall–Kier alpha value is -3.20. The van der Waals surface area contributed by atoms with Crippen molar-refractivity contribution >= 4 is 5.91 Å². The van der Waals surface area contributed by atoms with Gasteiger partial charge in [-0.2, -0.15) is 0 Å². The molecule has 3 rings (SSSR count). The Bertz CT molecular complexity index is 935. The third-order valence-corrected chi connectivity index (χ3v) is 4.27. The molecule has 3 aromatic rings. The predicted molar refractivity (Wildman–Crippen MR) is 101 cm³/mol. The van der Waals surface area contributed by atoms with Crippen LogP contribution in [0.15, 0.2) is 35.0 Å². The number of amides is 1. The molecule has 28 heavy (non-hydrogen) atoms. The summed E-state index contributed by atoms with van der Waals surface area (Å²) in [6.07, 6.45) is 1.69.